The third-order valence-electron chi connectivity index (χ3n) is 0.427. The van der Waals surface area contributed by atoms with Crippen LogP contribution >= 0.6 is 0 Å². The average molecular weight is 172 g/mol. The summed E-state index contributed by atoms with van der Waals surface area (Å²) in [5, 5.41) is 0. The monoisotopic (exact) mass is 172 g/mol. The summed E-state index contributed by atoms with van der Waals surface area (Å²) in [5.74, 6) is 0. The van der Waals surface area contributed by atoms with Gasteiger partial charge in [-0.25, -0.2) is 0 Å². The van der Waals surface area contributed by atoms with Crippen molar-refractivity contribution in [2.45, 2.75) is 6.92 Å². The van der Waals surface area contributed by atoms with Gasteiger partial charge in [0.15, 0.2) is 0 Å². The van der Waals surface area contributed by atoms with Crippen molar-refractivity contribution in [3.8, 4) is 0 Å². The highest BCUT2D eigenvalue weighted by Gasteiger charge is 1.98. The minimum atomic E-state index is -2.91. The standard InChI is InChI=1S/C4H8O.C2F4/c1-3-5-4-2;3-1(4)2(5)6/h3H,1,4H2,2H3;. The molecule has 11 heavy (non-hydrogen) atoms. The Labute approximate surface area is 62.0 Å². The Morgan fingerprint density at radius 2 is 1.64 bits per heavy atom. The normalized spacial score (nSPS) is 7.36. The van der Waals surface area contributed by atoms with Crippen LogP contribution in [0.2, 0.25) is 0 Å². The van der Waals surface area contributed by atoms with Gasteiger partial charge in [-0.3, -0.25) is 0 Å². The summed E-state index contributed by atoms with van der Waals surface area (Å²) < 4.78 is 45.7. The summed E-state index contributed by atoms with van der Waals surface area (Å²) in [6, 6.07) is 0. The molecule has 0 aromatic carbocycles. The van der Waals surface area contributed by atoms with Gasteiger partial charge in [0.2, 0.25) is 0 Å². The minimum absolute atomic E-state index is 0.726. The molecular weight excluding hydrogens is 164 g/mol. The Kier molecular flexibility index (Phi) is 10.4. The second kappa shape index (κ2) is 9.00. The SMILES string of the molecule is C=COCC.FC(F)=C(F)F. The molecule has 0 spiro atoms. The molecule has 0 aliphatic rings. The topological polar surface area (TPSA) is 9.23 Å². The highest BCUT2D eigenvalue weighted by Crippen LogP contribution is 2.08. The fraction of sp³-hybridized carbons (Fsp3) is 0.333. The lowest BCUT2D eigenvalue weighted by Gasteiger charge is -1.84. The second-order valence-corrected chi connectivity index (χ2v) is 1.14. The van der Waals surface area contributed by atoms with Gasteiger partial charge in [-0.05, 0) is 6.92 Å². The van der Waals surface area contributed by atoms with E-state index in [0.29, 0.717) is 0 Å². The smallest absolute Gasteiger partial charge is 0.334 e. The zero-order chi connectivity index (χ0) is 9.28. The molecule has 0 unspecified atom stereocenters. The summed E-state index contributed by atoms with van der Waals surface area (Å²) in [5.41, 5.74) is 0. The first-order valence-corrected chi connectivity index (χ1v) is 2.65. The molecule has 66 valence electrons. The van der Waals surface area contributed by atoms with E-state index in [1.807, 2.05) is 6.92 Å². The van der Waals surface area contributed by atoms with E-state index >= 15 is 0 Å². The summed E-state index contributed by atoms with van der Waals surface area (Å²) in [6.45, 7) is 5.97. The molecule has 0 fully saturated rings. The molecule has 0 aliphatic carbocycles. The molecule has 0 saturated heterocycles. The number of hydrogen-bond acceptors (Lipinski definition) is 1. The van der Waals surface area contributed by atoms with Crippen LogP contribution in [0.25, 0.3) is 0 Å². The van der Waals surface area contributed by atoms with Crippen LogP contribution in [-0.4, -0.2) is 6.61 Å². The molecule has 0 radical (unpaired) electrons. The maximum absolute atomic E-state index is 10.3. The van der Waals surface area contributed by atoms with E-state index in [1.165, 1.54) is 6.26 Å². The second-order valence-electron chi connectivity index (χ2n) is 1.14. The third kappa shape index (κ3) is 17.6. The largest absolute Gasteiger partial charge is 0.502 e. The molecule has 0 rings (SSSR count). The molecule has 0 aromatic rings. The van der Waals surface area contributed by atoms with Crippen LogP contribution < -0.4 is 0 Å². The van der Waals surface area contributed by atoms with E-state index in [-0.39, 0.29) is 0 Å². The maximum atomic E-state index is 10.3. The van der Waals surface area contributed by atoms with Gasteiger partial charge < -0.3 is 4.74 Å². The van der Waals surface area contributed by atoms with Gasteiger partial charge in [0.05, 0.1) is 12.9 Å². The molecule has 0 aliphatic heterocycles. The van der Waals surface area contributed by atoms with Crippen molar-refractivity contribution in [3.63, 3.8) is 0 Å². The van der Waals surface area contributed by atoms with Gasteiger partial charge in [0.25, 0.3) is 0 Å². The van der Waals surface area contributed by atoms with E-state index in [1.54, 1.807) is 0 Å². The van der Waals surface area contributed by atoms with Gasteiger partial charge in [0, 0.05) is 0 Å². The zero-order valence-corrected chi connectivity index (χ0v) is 5.91. The van der Waals surface area contributed by atoms with Gasteiger partial charge in [-0.15, -0.1) is 0 Å². The number of halogens is 4. The zero-order valence-electron chi connectivity index (χ0n) is 5.91. The Hall–Kier alpha value is -1.00. The average Bonchev–Trinajstić information content (AvgIpc) is 1.90. The van der Waals surface area contributed by atoms with Crippen molar-refractivity contribution in [2.24, 2.45) is 0 Å². The molecule has 0 saturated carbocycles. The van der Waals surface area contributed by atoms with Crippen LogP contribution in [0.4, 0.5) is 17.6 Å². The van der Waals surface area contributed by atoms with Crippen molar-refractivity contribution in [3.05, 3.63) is 25.0 Å². The van der Waals surface area contributed by atoms with Crippen LogP contribution in [0.5, 0.6) is 0 Å². The molecule has 0 N–H and O–H groups in total. The highest BCUT2D eigenvalue weighted by molar-refractivity contribution is 4.77. The van der Waals surface area contributed by atoms with Crippen LogP contribution in [0.3, 0.4) is 0 Å². The first kappa shape index (κ1) is 12.7. The first-order chi connectivity index (χ1) is 5.06. The number of rotatable bonds is 2. The van der Waals surface area contributed by atoms with Crippen LogP contribution in [0.15, 0.2) is 25.0 Å². The fourth-order valence-corrected chi connectivity index (χ4v) is 0.118. The van der Waals surface area contributed by atoms with Crippen molar-refractivity contribution >= 4 is 0 Å². The fourth-order valence-electron chi connectivity index (χ4n) is 0.118. The number of ether oxygens (including phenoxy) is 1. The lowest BCUT2D eigenvalue weighted by atomic mass is 10.9. The molecule has 0 amide bonds. The molecular formula is C6H8F4O. The Morgan fingerprint density at radius 3 is 1.64 bits per heavy atom. The highest BCUT2D eigenvalue weighted by atomic mass is 19.3. The molecule has 0 bridgehead atoms. The predicted molar refractivity (Wildman–Crippen MR) is 33.3 cm³/mol. The lowest BCUT2D eigenvalue weighted by molar-refractivity contribution is 0.270. The summed E-state index contributed by atoms with van der Waals surface area (Å²) in [7, 11) is 0. The molecule has 1 nitrogen and oxygen atoms in total. The van der Waals surface area contributed by atoms with Gasteiger partial charge in [-0.1, -0.05) is 6.58 Å². The lowest BCUT2D eigenvalue weighted by Crippen LogP contribution is -1.72. The van der Waals surface area contributed by atoms with Crippen molar-refractivity contribution in [2.75, 3.05) is 6.61 Å². The van der Waals surface area contributed by atoms with E-state index in [4.69, 9.17) is 0 Å². The molecule has 5 heteroatoms. The Bertz CT molecular complexity index is 115. The summed E-state index contributed by atoms with van der Waals surface area (Å²) in [6.07, 6.45) is -4.38. The maximum Gasteiger partial charge on any atom is 0.334 e. The van der Waals surface area contributed by atoms with Crippen LogP contribution in [0.1, 0.15) is 6.92 Å². The summed E-state index contributed by atoms with van der Waals surface area (Å²) in [4.78, 5) is 0. The molecule has 0 atom stereocenters. The Morgan fingerprint density at radius 1 is 1.27 bits per heavy atom. The minimum Gasteiger partial charge on any atom is -0.502 e. The molecule has 0 aromatic heterocycles. The van der Waals surface area contributed by atoms with Gasteiger partial charge in [0.1, 0.15) is 0 Å². The van der Waals surface area contributed by atoms with Crippen molar-refractivity contribution in [1.82, 2.24) is 0 Å². The van der Waals surface area contributed by atoms with Crippen molar-refractivity contribution < 1.29 is 22.3 Å². The third-order valence-corrected chi connectivity index (χ3v) is 0.427. The van der Waals surface area contributed by atoms with E-state index in [0.717, 1.165) is 6.61 Å². The van der Waals surface area contributed by atoms with Gasteiger partial charge >= 0.3 is 12.2 Å². The van der Waals surface area contributed by atoms with Crippen LogP contribution in [-0.2, 0) is 4.74 Å². The first-order valence-electron chi connectivity index (χ1n) is 2.65. The van der Waals surface area contributed by atoms with E-state index in [9.17, 15) is 17.6 Å². The van der Waals surface area contributed by atoms with E-state index < -0.39 is 12.2 Å². The van der Waals surface area contributed by atoms with Crippen molar-refractivity contribution in [1.29, 1.82) is 0 Å². The predicted octanol–water partition coefficient (Wildman–Crippen LogP) is 3.16. The quantitative estimate of drug-likeness (QED) is 0.459. The van der Waals surface area contributed by atoms with Crippen LogP contribution in [0, 0.1) is 0 Å². The Balaban J connectivity index is 0. The van der Waals surface area contributed by atoms with Gasteiger partial charge in [-0.2, -0.15) is 17.6 Å². The summed E-state index contributed by atoms with van der Waals surface area (Å²) >= 11 is 0. The van der Waals surface area contributed by atoms with E-state index in [2.05, 4.69) is 11.3 Å². The molecule has 0 heterocycles. The number of hydrogen-bond donors (Lipinski definition) is 0.